The number of unbranched alkanes of at least 4 members (excludes halogenated alkanes) is 10. The monoisotopic (exact) mass is 367 g/mol. The molecule has 0 radical (unpaired) electrons. The Bertz CT molecular complexity index is 388. The summed E-state index contributed by atoms with van der Waals surface area (Å²) in [5.74, 6) is 0. The molecule has 1 nitrogen and oxygen atoms in total. The van der Waals surface area contributed by atoms with Crippen molar-refractivity contribution >= 4 is 0 Å². The van der Waals surface area contributed by atoms with E-state index in [1.807, 2.05) is 0 Å². The summed E-state index contributed by atoms with van der Waals surface area (Å²) in [4.78, 5) is 0. The minimum atomic E-state index is 0. The maximum absolute atomic E-state index is 2.35. The molecule has 0 unspecified atom stereocenters. The van der Waals surface area contributed by atoms with Gasteiger partial charge in [0.05, 0.1) is 27.2 Å². The van der Waals surface area contributed by atoms with Crippen LogP contribution in [-0.4, -0.2) is 31.7 Å². The lowest BCUT2D eigenvalue weighted by Crippen LogP contribution is -3.00. The molecule has 0 saturated heterocycles. The van der Waals surface area contributed by atoms with E-state index >= 15 is 0 Å². The molecule has 0 atom stereocenters. The van der Waals surface area contributed by atoms with Gasteiger partial charge in [0.25, 0.3) is 0 Å². The van der Waals surface area contributed by atoms with Crippen LogP contribution in [0, 0.1) is 0 Å². The van der Waals surface area contributed by atoms with Gasteiger partial charge in [-0.05, 0) is 38.2 Å². The van der Waals surface area contributed by atoms with Gasteiger partial charge in [0.15, 0.2) is 0 Å². The number of hydrogen-bond donors (Lipinski definition) is 0. The van der Waals surface area contributed by atoms with Crippen LogP contribution in [0.3, 0.4) is 0 Å². The molecule has 0 amide bonds. The van der Waals surface area contributed by atoms with E-state index in [9.17, 15) is 0 Å². The van der Waals surface area contributed by atoms with Gasteiger partial charge in [0.1, 0.15) is 0 Å². The number of halogens is 1. The first-order chi connectivity index (χ1) is 11.6. The van der Waals surface area contributed by atoms with Gasteiger partial charge in [-0.2, -0.15) is 0 Å². The molecule has 0 bridgehead atoms. The highest BCUT2D eigenvalue weighted by Crippen LogP contribution is 2.13. The molecule has 0 heterocycles. The van der Waals surface area contributed by atoms with Crippen LogP contribution >= 0.6 is 0 Å². The Morgan fingerprint density at radius 1 is 0.640 bits per heavy atom. The molecule has 0 saturated carbocycles. The average Bonchev–Trinajstić information content (AvgIpc) is 2.60. The summed E-state index contributed by atoms with van der Waals surface area (Å²) in [6.07, 6.45) is 17.0. The molecule has 0 fully saturated rings. The maximum Gasteiger partial charge on any atom is 0.0782 e. The highest BCUT2D eigenvalue weighted by molar-refractivity contribution is 5.14. The van der Waals surface area contributed by atoms with Crippen LogP contribution in [0.15, 0.2) is 30.3 Å². The average molecular weight is 368 g/mol. The van der Waals surface area contributed by atoms with Crippen molar-refractivity contribution < 1.29 is 16.9 Å². The summed E-state index contributed by atoms with van der Waals surface area (Å²) in [7, 11) is 4.69. The van der Waals surface area contributed by atoms with Crippen molar-refractivity contribution in [3.8, 4) is 0 Å². The molecular formula is C23H42ClN. The van der Waals surface area contributed by atoms with Crippen molar-refractivity contribution in [2.75, 3.05) is 27.2 Å². The zero-order valence-corrected chi connectivity index (χ0v) is 17.9. The standard InChI is InChI=1S/C23H42N.ClH/c1-4-24(2,3)22-18-13-11-9-7-5-6-8-10-12-15-19-23-20-16-14-17-21-23;/h14,16-17,20-21H,4-13,15,18-19,22H2,1-3H3;1H/q+1;/p-1. The van der Waals surface area contributed by atoms with Crippen molar-refractivity contribution in [2.45, 2.75) is 84.0 Å². The van der Waals surface area contributed by atoms with E-state index in [-0.39, 0.29) is 12.4 Å². The van der Waals surface area contributed by atoms with Crippen molar-refractivity contribution in [2.24, 2.45) is 0 Å². The fourth-order valence-corrected chi connectivity index (χ4v) is 3.26. The topological polar surface area (TPSA) is 0 Å². The lowest BCUT2D eigenvalue weighted by atomic mass is 10.0. The molecule has 0 spiro atoms. The van der Waals surface area contributed by atoms with Gasteiger partial charge >= 0.3 is 0 Å². The van der Waals surface area contributed by atoms with E-state index < -0.39 is 0 Å². The Morgan fingerprint density at radius 2 is 1.08 bits per heavy atom. The molecule has 25 heavy (non-hydrogen) atoms. The van der Waals surface area contributed by atoms with Crippen LogP contribution in [0.2, 0.25) is 0 Å². The Labute approximate surface area is 164 Å². The lowest BCUT2D eigenvalue weighted by Gasteiger charge is -2.28. The number of quaternary nitrogens is 1. The second kappa shape index (κ2) is 15.7. The van der Waals surface area contributed by atoms with Crippen molar-refractivity contribution in [1.29, 1.82) is 0 Å². The Kier molecular flexibility index (Phi) is 15.4. The quantitative estimate of drug-likeness (QED) is 0.328. The molecule has 0 aliphatic carbocycles. The van der Waals surface area contributed by atoms with Gasteiger partial charge in [-0.15, -0.1) is 0 Å². The molecule has 1 aromatic rings. The molecule has 0 aliphatic heterocycles. The van der Waals surface area contributed by atoms with E-state index in [0.29, 0.717) is 0 Å². The molecule has 2 heteroatoms. The predicted molar refractivity (Wildman–Crippen MR) is 108 cm³/mol. The lowest BCUT2D eigenvalue weighted by molar-refractivity contribution is -0.888. The van der Waals surface area contributed by atoms with Crippen LogP contribution in [0.5, 0.6) is 0 Å². The van der Waals surface area contributed by atoms with Gasteiger partial charge < -0.3 is 16.9 Å². The van der Waals surface area contributed by atoms with E-state index in [2.05, 4.69) is 51.4 Å². The predicted octanol–water partition coefficient (Wildman–Crippen LogP) is 3.62. The molecule has 0 aromatic heterocycles. The fraction of sp³-hybridized carbons (Fsp3) is 0.739. The van der Waals surface area contributed by atoms with Crippen LogP contribution < -0.4 is 12.4 Å². The first-order valence-electron chi connectivity index (χ1n) is 10.5. The molecule has 1 aromatic carbocycles. The van der Waals surface area contributed by atoms with Gasteiger partial charge in [0.2, 0.25) is 0 Å². The third-order valence-corrected chi connectivity index (χ3v) is 5.43. The number of benzene rings is 1. The van der Waals surface area contributed by atoms with Gasteiger partial charge in [0, 0.05) is 0 Å². The minimum Gasteiger partial charge on any atom is -1.00 e. The van der Waals surface area contributed by atoms with Crippen LogP contribution in [0.1, 0.15) is 83.1 Å². The zero-order valence-electron chi connectivity index (χ0n) is 17.1. The van der Waals surface area contributed by atoms with Gasteiger partial charge in [-0.3, -0.25) is 0 Å². The fourth-order valence-electron chi connectivity index (χ4n) is 3.26. The maximum atomic E-state index is 2.35. The highest BCUT2D eigenvalue weighted by Gasteiger charge is 2.09. The normalized spacial score (nSPS) is 11.3. The summed E-state index contributed by atoms with van der Waals surface area (Å²) >= 11 is 0. The third-order valence-electron chi connectivity index (χ3n) is 5.43. The van der Waals surface area contributed by atoms with Gasteiger partial charge in [-0.1, -0.05) is 81.7 Å². The summed E-state index contributed by atoms with van der Waals surface area (Å²) in [5.41, 5.74) is 1.50. The highest BCUT2D eigenvalue weighted by atomic mass is 35.5. The molecular weight excluding hydrogens is 326 g/mol. The van der Waals surface area contributed by atoms with E-state index in [0.717, 1.165) is 0 Å². The van der Waals surface area contributed by atoms with E-state index in [1.165, 1.54) is 100 Å². The van der Waals surface area contributed by atoms with Gasteiger partial charge in [-0.25, -0.2) is 0 Å². The zero-order chi connectivity index (χ0) is 17.5. The molecule has 1 rings (SSSR count). The smallest absolute Gasteiger partial charge is 0.0782 e. The number of hydrogen-bond acceptors (Lipinski definition) is 0. The first kappa shape index (κ1) is 24.5. The number of rotatable bonds is 15. The van der Waals surface area contributed by atoms with Crippen LogP contribution in [0.25, 0.3) is 0 Å². The minimum absolute atomic E-state index is 0. The van der Waals surface area contributed by atoms with Crippen LogP contribution in [0.4, 0.5) is 0 Å². The number of aryl methyl sites for hydroxylation is 1. The van der Waals surface area contributed by atoms with E-state index in [1.54, 1.807) is 0 Å². The Hall–Kier alpha value is -0.530. The second-order valence-corrected chi connectivity index (χ2v) is 8.10. The van der Waals surface area contributed by atoms with Crippen LogP contribution in [-0.2, 0) is 6.42 Å². The van der Waals surface area contributed by atoms with Crippen molar-refractivity contribution in [3.05, 3.63) is 35.9 Å². The second-order valence-electron chi connectivity index (χ2n) is 8.10. The van der Waals surface area contributed by atoms with E-state index in [4.69, 9.17) is 0 Å². The Balaban J connectivity index is 0.00000576. The summed E-state index contributed by atoms with van der Waals surface area (Å²) in [6, 6.07) is 10.9. The summed E-state index contributed by atoms with van der Waals surface area (Å²) in [5, 5.41) is 0. The Morgan fingerprint density at radius 3 is 1.56 bits per heavy atom. The molecule has 0 N–H and O–H groups in total. The SMILES string of the molecule is CC[N+](C)(C)CCCCCCCCCCCCCc1ccccc1.[Cl-]. The first-order valence-corrected chi connectivity index (χ1v) is 10.5. The molecule has 146 valence electrons. The molecule has 0 aliphatic rings. The third kappa shape index (κ3) is 14.3. The summed E-state index contributed by atoms with van der Waals surface area (Å²) < 4.78 is 1.18. The van der Waals surface area contributed by atoms with Crippen molar-refractivity contribution in [3.63, 3.8) is 0 Å². The largest absolute Gasteiger partial charge is 1.00 e. The number of nitrogens with zero attached hydrogens (tertiary/aromatic N) is 1. The van der Waals surface area contributed by atoms with Crippen molar-refractivity contribution in [1.82, 2.24) is 0 Å². The summed E-state index contributed by atoms with van der Waals surface area (Å²) in [6.45, 7) is 4.90.